The second-order valence-electron chi connectivity index (χ2n) is 5.89. The molecule has 0 aliphatic carbocycles. The molecule has 0 aromatic heterocycles. The fourth-order valence-corrected chi connectivity index (χ4v) is 2.61. The molecule has 0 amide bonds. The molecule has 0 aromatic carbocycles. The van der Waals surface area contributed by atoms with Crippen LogP contribution in [0.4, 0.5) is 0 Å². The third kappa shape index (κ3) is 5.78. The Balaban J connectivity index is 4.41. The Morgan fingerprint density at radius 2 is 1.84 bits per heavy atom. The SMILES string of the molecule is CCC[C@@H](C)CN[C@H](C)[C@@H](O)[C@](C)(O)[C@@H](CC)OC. The Morgan fingerprint density at radius 3 is 2.26 bits per heavy atom. The van der Waals surface area contributed by atoms with Gasteiger partial charge in [-0.2, -0.15) is 0 Å². The number of rotatable bonds is 10. The summed E-state index contributed by atoms with van der Waals surface area (Å²) >= 11 is 0. The first-order chi connectivity index (χ1) is 8.81. The van der Waals surface area contributed by atoms with Crippen molar-refractivity contribution in [2.75, 3.05) is 13.7 Å². The van der Waals surface area contributed by atoms with Crippen molar-refractivity contribution in [1.82, 2.24) is 5.32 Å². The first-order valence-corrected chi connectivity index (χ1v) is 7.47. The van der Waals surface area contributed by atoms with Crippen LogP contribution in [0, 0.1) is 5.92 Å². The van der Waals surface area contributed by atoms with E-state index in [1.54, 1.807) is 14.0 Å². The summed E-state index contributed by atoms with van der Waals surface area (Å²) in [7, 11) is 1.57. The maximum atomic E-state index is 10.5. The van der Waals surface area contributed by atoms with Gasteiger partial charge in [-0.05, 0) is 39.2 Å². The van der Waals surface area contributed by atoms with Crippen LogP contribution in [0.1, 0.15) is 53.9 Å². The van der Waals surface area contributed by atoms with Gasteiger partial charge in [-0.1, -0.05) is 27.2 Å². The number of aliphatic hydroxyl groups is 2. The van der Waals surface area contributed by atoms with E-state index in [1.165, 1.54) is 12.8 Å². The van der Waals surface area contributed by atoms with Crippen LogP contribution < -0.4 is 5.32 Å². The van der Waals surface area contributed by atoms with Crippen molar-refractivity contribution in [3.05, 3.63) is 0 Å². The van der Waals surface area contributed by atoms with E-state index in [9.17, 15) is 10.2 Å². The molecule has 0 aromatic rings. The van der Waals surface area contributed by atoms with E-state index < -0.39 is 11.7 Å². The quantitative estimate of drug-likeness (QED) is 0.570. The van der Waals surface area contributed by atoms with Gasteiger partial charge in [0.15, 0.2) is 0 Å². The molecule has 0 radical (unpaired) electrons. The maximum absolute atomic E-state index is 10.5. The van der Waals surface area contributed by atoms with Gasteiger partial charge >= 0.3 is 0 Å². The van der Waals surface area contributed by atoms with Gasteiger partial charge in [0.25, 0.3) is 0 Å². The minimum absolute atomic E-state index is 0.168. The predicted molar refractivity (Wildman–Crippen MR) is 79.3 cm³/mol. The lowest BCUT2D eigenvalue weighted by Gasteiger charge is -2.38. The van der Waals surface area contributed by atoms with E-state index in [4.69, 9.17) is 4.74 Å². The van der Waals surface area contributed by atoms with Gasteiger partial charge in [-0.15, -0.1) is 0 Å². The summed E-state index contributed by atoms with van der Waals surface area (Å²) in [6.07, 6.45) is 1.78. The summed E-state index contributed by atoms with van der Waals surface area (Å²) in [4.78, 5) is 0. The van der Waals surface area contributed by atoms with Crippen molar-refractivity contribution in [2.24, 2.45) is 5.92 Å². The number of ether oxygens (including phenoxy) is 1. The molecule has 4 heteroatoms. The molecule has 5 atom stereocenters. The average Bonchev–Trinajstić information content (AvgIpc) is 2.36. The number of aliphatic hydroxyl groups excluding tert-OH is 1. The molecule has 3 N–H and O–H groups in total. The zero-order valence-electron chi connectivity index (χ0n) is 13.4. The van der Waals surface area contributed by atoms with Crippen LogP contribution >= 0.6 is 0 Å². The largest absolute Gasteiger partial charge is 0.388 e. The summed E-state index contributed by atoms with van der Waals surface area (Å²) in [5, 5.41) is 24.1. The molecule has 0 fully saturated rings. The van der Waals surface area contributed by atoms with Gasteiger partial charge in [-0.25, -0.2) is 0 Å². The zero-order chi connectivity index (χ0) is 15.1. The molecule has 0 saturated carbocycles. The molecule has 0 heterocycles. The zero-order valence-corrected chi connectivity index (χ0v) is 13.4. The molecular formula is C15H33NO3. The third-order valence-corrected chi connectivity index (χ3v) is 3.95. The topological polar surface area (TPSA) is 61.7 Å². The van der Waals surface area contributed by atoms with Crippen LogP contribution in [0.3, 0.4) is 0 Å². The fraction of sp³-hybridized carbons (Fsp3) is 1.00. The van der Waals surface area contributed by atoms with E-state index in [0.29, 0.717) is 12.3 Å². The van der Waals surface area contributed by atoms with Crippen LogP contribution in [0.15, 0.2) is 0 Å². The lowest BCUT2D eigenvalue weighted by Crippen LogP contribution is -2.58. The smallest absolute Gasteiger partial charge is 0.115 e. The van der Waals surface area contributed by atoms with Gasteiger partial charge in [0.2, 0.25) is 0 Å². The second-order valence-corrected chi connectivity index (χ2v) is 5.89. The highest BCUT2D eigenvalue weighted by atomic mass is 16.5. The number of hydrogen-bond donors (Lipinski definition) is 3. The summed E-state index contributed by atoms with van der Waals surface area (Å²) in [5.41, 5.74) is -1.25. The van der Waals surface area contributed by atoms with E-state index in [2.05, 4.69) is 19.2 Å². The van der Waals surface area contributed by atoms with Crippen molar-refractivity contribution < 1.29 is 14.9 Å². The van der Waals surface area contributed by atoms with Crippen molar-refractivity contribution >= 4 is 0 Å². The van der Waals surface area contributed by atoms with Gasteiger partial charge in [0.05, 0.1) is 12.2 Å². The third-order valence-electron chi connectivity index (χ3n) is 3.95. The molecule has 0 unspecified atom stereocenters. The lowest BCUT2D eigenvalue weighted by atomic mass is 9.86. The van der Waals surface area contributed by atoms with Crippen LogP contribution in [-0.4, -0.2) is 47.7 Å². The van der Waals surface area contributed by atoms with Crippen LogP contribution in [0.25, 0.3) is 0 Å². The van der Waals surface area contributed by atoms with Crippen LogP contribution in [0.5, 0.6) is 0 Å². The molecule has 0 saturated heterocycles. The highest BCUT2D eigenvalue weighted by molar-refractivity contribution is 4.94. The number of nitrogens with one attached hydrogen (secondary N) is 1. The molecule has 19 heavy (non-hydrogen) atoms. The highest BCUT2D eigenvalue weighted by Crippen LogP contribution is 2.22. The molecule has 0 aliphatic rings. The molecule has 0 spiro atoms. The minimum Gasteiger partial charge on any atom is -0.388 e. The molecule has 0 bridgehead atoms. The number of hydrogen-bond acceptors (Lipinski definition) is 4. The Hall–Kier alpha value is -0.160. The minimum atomic E-state index is -1.25. The van der Waals surface area contributed by atoms with E-state index in [-0.39, 0.29) is 12.1 Å². The Bertz CT molecular complexity index is 229. The van der Waals surface area contributed by atoms with Crippen molar-refractivity contribution in [1.29, 1.82) is 0 Å². The molecule has 0 aliphatic heterocycles. The van der Waals surface area contributed by atoms with Crippen molar-refractivity contribution in [3.63, 3.8) is 0 Å². The Morgan fingerprint density at radius 1 is 1.26 bits per heavy atom. The number of methoxy groups -OCH3 is 1. The predicted octanol–water partition coefficient (Wildman–Crippen LogP) is 1.94. The van der Waals surface area contributed by atoms with E-state index in [0.717, 1.165) is 6.54 Å². The highest BCUT2D eigenvalue weighted by Gasteiger charge is 2.40. The van der Waals surface area contributed by atoms with Crippen LogP contribution in [-0.2, 0) is 4.74 Å². The Kier molecular flexibility index (Phi) is 8.83. The average molecular weight is 275 g/mol. The van der Waals surface area contributed by atoms with E-state index in [1.807, 2.05) is 13.8 Å². The summed E-state index contributed by atoms with van der Waals surface area (Å²) < 4.78 is 5.26. The monoisotopic (exact) mass is 275 g/mol. The molecule has 0 rings (SSSR count). The summed E-state index contributed by atoms with van der Waals surface area (Å²) in [6, 6.07) is -0.168. The summed E-state index contributed by atoms with van der Waals surface area (Å²) in [5.74, 6) is 0.578. The van der Waals surface area contributed by atoms with Crippen molar-refractivity contribution in [2.45, 2.75) is 77.7 Å². The molecule has 4 nitrogen and oxygen atoms in total. The maximum Gasteiger partial charge on any atom is 0.115 e. The van der Waals surface area contributed by atoms with E-state index >= 15 is 0 Å². The van der Waals surface area contributed by atoms with Gasteiger partial charge in [0.1, 0.15) is 5.60 Å². The first kappa shape index (κ1) is 18.8. The van der Waals surface area contributed by atoms with Crippen LogP contribution in [0.2, 0.25) is 0 Å². The first-order valence-electron chi connectivity index (χ1n) is 7.47. The summed E-state index contributed by atoms with van der Waals surface area (Å²) in [6.45, 7) is 10.7. The van der Waals surface area contributed by atoms with Crippen molar-refractivity contribution in [3.8, 4) is 0 Å². The Labute approximate surface area is 118 Å². The van der Waals surface area contributed by atoms with Gasteiger partial charge < -0.3 is 20.3 Å². The molecule has 116 valence electrons. The fourth-order valence-electron chi connectivity index (χ4n) is 2.61. The standard InChI is InChI=1S/C15H33NO3/c1-7-9-11(3)10-16-12(4)14(17)15(5,18)13(8-2)19-6/h11-14,16-18H,7-10H2,1-6H3/t11-,12-,13-,14-,15-/m1/s1. The second kappa shape index (κ2) is 8.90. The molecular weight excluding hydrogens is 242 g/mol. The normalized spacial score (nSPS) is 21.5. The van der Waals surface area contributed by atoms with Gasteiger partial charge in [0, 0.05) is 13.2 Å². The van der Waals surface area contributed by atoms with Gasteiger partial charge in [-0.3, -0.25) is 0 Å². The lowest BCUT2D eigenvalue weighted by molar-refractivity contribution is -0.154.